The van der Waals surface area contributed by atoms with Gasteiger partial charge in [-0.25, -0.2) is 4.98 Å². The Morgan fingerprint density at radius 3 is 2.84 bits per heavy atom. The molecule has 8 nitrogen and oxygen atoms in total. The van der Waals surface area contributed by atoms with Crippen molar-refractivity contribution in [2.75, 3.05) is 51.8 Å². The Balaban J connectivity index is 1.78. The van der Waals surface area contributed by atoms with Gasteiger partial charge in [0.05, 0.1) is 24.4 Å². The minimum atomic E-state index is -0.406. The third-order valence-electron chi connectivity index (χ3n) is 5.12. The number of carbonyl (C=O) groups is 2. The van der Waals surface area contributed by atoms with E-state index in [1.54, 1.807) is 25.2 Å². The number of carbonyl (C=O) groups excluding carboxylic acids is 2. The van der Waals surface area contributed by atoms with Crippen LogP contribution in [0.4, 0.5) is 5.82 Å². The number of piperidine rings is 1. The van der Waals surface area contributed by atoms with Gasteiger partial charge in [-0.3, -0.25) is 14.6 Å². The molecule has 136 valence electrons. The zero-order valence-corrected chi connectivity index (χ0v) is 14.8. The molecule has 2 aliphatic heterocycles. The predicted molar refractivity (Wildman–Crippen MR) is 92.2 cm³/mol. The van der Waals surface area contributed by atoms with Gasteiger partial charge in [-0.1, -0.05) is 0 Å². The average molecular weight is 347 g/mol. The Hall–Kier alpha value is -2.22. The Morgan fingerprint density at radius 1 is 1.32 bits per heavy atom. The standard InChI is InChI=1S/C17H25N5O3/c1-20(2)15(24)13-10-18-11-14(19-13)22-7-5-17(12-22)4-3-6-21(8-9-23)16(17)25/h10-11,23H,3-9,12H2,1-2H3. The first kappa shape index (κ1) is 17.6. The van der Waals surface area contributed by atoms with Crippen molar-refractivity contribution >= 4 is 17.6 Å². The number of anilines is 1. The molecule has 25 heavy (non-hydrogen) atoms. The molecule has 0 saturated carbocycles. The van der Waals surface area contributed by atoms with Gasteiger partial charge in [0, 0.05) is 40.3 Å². The van der Waals surface area contributed by atoms with Crippen LogP contribution in [-0.2, 0) is 4.79 Å². The maximum atomic E-state index is 12.9. The molecule has 1 aromatic rings. The normalized spacial score (nSPS) is 23.4. The molecule has 2 aliphatic rings. The lowest BCUT2D eigenvalue weighted by molar-refractivity contribution is -0.145. The molecule has 3 heterocycles. The summed E-state index contributed by atoms with van der Waals surface area (Å²) in [6.07, 6.45) is 5.68. The molecule has 1 unspecified atom stereocenters. The van der Waals surface area contributed by atoms with Crippen LogP contribution in [0, 0.1) is 5.41 Å². The van der Waals surface area contributed by atoms with Gasteiger partial charge >= 0.3 is 0 Å². The summed E-state index contributed by atoms with van der Waals surface area (Å²) >= 11 is 0. The summed E-state index contributed by atoms with van der Waals surface area (Å²) in [6.45, 7) is 2.40. The minimum absolute atomic E-state index is 0.00823. The van der Waals surface area contributed by atoms with Crippen molar-refractivity contribution in [1.29, 1.82) is 0 Å². The highest BCUT2D eigenvalue weighted by Gasteiger charge is 2.48. The van der Waals surface area contributed by atoms with Crippen LogP contribution in [0.1, 0.15) is 29.8 Å². The average Bonchev–Trinajstić information content (AvgIpc) is 3.04. The maximum absolute atomic E-state index is 12.9. The quantitative estimate of drug-likeness (QED) is 0.824. The predicted octanol–water partition coefficient (Wildman–Crippen LogP) is -0.0104. The first-order valence-corrected chi connectivity index (χ1v) is 8.66. The lowest BCUT2D eigenvalue weighted by Crippen LogP contribution is -2.50. The number of rotatable bonds is 4. The Labute approximate surface area is 147 Å². The van der Waals surface area contributed by atoms with Crippen molar-refractivity contribution in [3.8, 4) is 0 Å². The van der Waals surface area contributed by atoms with Crippen molar-refractivity contribution in [2.45, 2.75) is 19.3 Å². The summed E-state index contributed by atoms with van der Waals surface area (Å²) in [6, 6.07) is 0. The number of β-amino-alcohol motifs (C(OH)–C–C–N with tert-alkyl or cyclic N) is 1. The summed E-state index contributed by atoms with van der Waals surface area (Å²) in [5, 5.41) is 9.17. The number of aliphatic hydroxyl groups is 1. The molecule has 1 aromatic heterocycles. The van der Waals surface area contributed by atoms with Crippen molar-refractivity contribution in [3.05, 3.63) is 18.1 Å². The lowest BCUT2D eigenvalue weighted by atomic mass is 9.78. The molecule has 1 spiro atoms. The minimum Gasteiger partial charge on any atom is -0.395 e. The second kappa shape index (κ2) is 6.95. The van der Waals surface area contributed by atoms with E-state index in [1.165, 1.54) is 11.1 Å². The van der Waals surface area contributed by atoms with Gasteiger partial charge < -0.3 is 19.8 Å². The van der Waals surface area contributed by atoms with Crippen molar-refractivity contribution in [3.63, 3.8) is 0 Å². The summed E-state index contributed by atoms with van der Waals surface area (Å²) in [5.41, 5.74) is -0.100. The first-order chi connectivity index (χ1) is 12.0. The molecule has 0 bridgehead atoms. The number of amides is 2. The van der Waals surface area contributed by atoms with Crippen LogP contribution in [0.15, 0.2) is 12.4 Å². The van der Waals surface area contributed by atoms with Crippen molar-refractivity contribution < 1.29 is 14.7 Å². The van der Waals surface area contributed by atoms with Crippen LogP contribution in [0.5, 0.6) is 0 Å². The molecule has 0 aromatic carbocycles. The van der Waals surface area contributed by atoms with E-state index in [4.69, 9.17) is 5.11 Å². The molecule has 1 N–H and O–H groups in total. The highest BCUT2D eigenvalue weighted by Crippen LogP contribution is 2.41. The first-order valence-electron chi connectivity index (χ1n) is 8.66. The molecule has 2 fully saturated rings. The fourth-order valence-electron chi connectivity index (χ4n) is 3.77. The maximum Gasteiger partial charge on any atom is 0.273 e. The fourth-order valence-corrected chi connectivity index (χ4v) is 3.77. The monoisotopic (exact) mass is 347 g/mol. The molecular weight excluding hydrogens is 322 g/mol. The second-order valence-corrected chi connectivity index (χ2v) is 7.03. The Kier molecular flexibility index (Phi) is 4.89. The van der Waals surface area contributed by atoms with Gasteiger partial charge in [-0.05, 0) is 19.3 Å². The van der Waals surface area contributed by atoms with Crippen LogP contribution in [0.25, 0.3) is 0 Å². The summed E-state index contributed by atoms with van der Waals surface area (Å²) in [4.78, 5) is 38.8. The van der Waals surface area contributed by atoms with Gasteiger partial charge in [0.15, 0.2) is 0 Å². The van der Waals surface area contributed by atoms with Crippen molar-refractivity contribution in [2.24, 2.45) is 5.41 Å². The van der Waals surface area contributed by atoms with Crippen LogP contribution in [0.2, 0.25) is 0 Å². The van der Waals surface area contributed by atoms with Gasteiger partial charge in [-0.2, -0.15) is 0 Å². The van der Waals surface area contributed by atoms with Crippen LogP contribution < -0.4 is 4.90 Å². The van der Waals surface area contributed by atoms with Crippen LogP contribution in [-0.4, -0.2) is 83.6 Å². The largest absolute Gasteiger partial charge is 0.395 e. The zero-order chi connectivity index (χ0) is 18.0. The highest BCUT2D eigenvalue weighted by molar-refractivity contribution is 5.92. The van der Waals surface area contributed by atoms with E-state index >= 15 is 0 Å². The Morgan fingerprint density at radius 2 is 2.12 bits per heavy atom. The van der Waals surface area contributed by atoms with Crippen LogP contribution >= 0.6 is 0 Å². The number of likely N-dealkylation sites (tertiary alicyclic amines) is 1. The third kappa shape index (κ3) is 3.30. The SMILES string of the molecule is CN(C)C(=O)c1cncc(N2CCC3(CCCN(CCO)C3=O)C2)n1. The summed E-state index contributed by atoms with van der Waals surface area (Å²) in [7, 11) is 3.36. The summed E-state index contributed by atoms with van der Waals surface area (Å²) in [5.74, 6) is 0.576. The molecule has 0 aliphatic carbocycles. The molecule has 3 rings (SSSR count). The number of hydrogen-bond acceptors (Lipinski definition) is 6. The van der Waals surface area contributed by atoms with E-state index in [1.807, 2.05) is 4.90 Å². The molecule has 8 heteroatoms. The molecular formula is C17H25N5O3. The lowest BCUT2D eigenvalue weighted by Gasteiger charge is -2.39. The third-order valence-corrected chi connectivity index (χ3v) is 5.12. The number of aliphatic hydroxyl groups excluding tert-OH is 1. The number of hydrogen-bond donors (Lipinski definition) is 1. The fraction of sp³-hybridized carbons (Fsp3) is 0.647. The van der Waals surface area contributed by atoms with Crippen molar-refractivity contribution in [1.82, 2.24) is 19.8 Å². The number of aromatic nitrogens is 2. The zero-order valence-electron chi connectivity index (χ0n) is 14.8. The van der Waals surface area contributed by atoms with Crippen LogP contribution in [0.3, 0.4) is 0 Å². The van der Waals surface area contributed by atoms with E-state index in [9.17, 15) is 9.59 Å². The van der Waals surface area contributed by atoms with Gasteiger partial charge in [0.25, 0.3) is 5.91 Å². The smallest absolute Gasteiger partial charge is 0.273 e. The van der Waals surface area contributed by atoms with E-state index in [0.717, 1.165) is 19.3 Å². The van der Waals surface area contributed by atoms with Gasteiger partial charge in [-0.15, -0.1) is 0 Å². The molecule has 0 radical (unpaired) electrons. The van der Waals surface area contributed by atoms with E-state index < -0.39 is 5.41 Å². The highest BCUT2D eigenvalue weighted by atomic mass is 16.3. The Bertz CT molecular complexity index is 663. The van der Waals surface area contributed by atoms with E-state index in [0.29, 0.717) is 37.7 Å². The van der Waals surface area contributed by atoms with Gasteiger partial charge in [0.2, 0.25) is 5.91 Å². The number of nitrogens with zero attached hydrogens (tertiary/aromatic N) is 5. The molecule has 1 atom stereocenters. The van der Waals surface area contributed by atoms with Gasteiger partial charge in [0.1, 0.15) is 11.5 Å². The topological polar surface area (TPSA) is 89.9 Å². The second-order valence-electron chi connectivity index (χ2n) is 7.03. The van der Waals surface area contributed by atoms with E-state index in [-0.39, 0.29) is 18.4 Å². The molecule has 2 saturated heterocycles. The van der Waals surface area contributed by atoms with E-state index in [2.05, 4.69) is 9.97 Å². The summed E-state index contributed by atoms with van der Waals surface area (Å²) < 4.78 is 0. The molecule has 2 amide bonds.